The third-order valence-electron chi connectivity index (χ3n) is 3.76. The van der Waals surface area contributed by atoms with Gasteiger partial charge in [-0.25, -0.2) is 0 Å². The summed E-state index contributed by atoms with van der Waals surface area (Å²) in [5.74, 6) is 0. The van der Waals surface area contributed by atoms with E-state index in [1.165, 1.54) is 31.2 Å². The fourth-order valence-corrected chi connectivity index (χ4v) is 3.22. The molecule has 1 aromatic rings. The molecule has 1 aliphatic rings. The summed E-state index contributed by atoms with van der Waals surface area (Å²) in [7, 11) is 0. The maximum absolute atomic E-state index is 6.07. The van der Waals surface area contributed by atoms with E-state index in [2.05, 4.69) is 33.8 Å². The summed E-state index contributed by atoms with van der Waals surface area (Å²) in [6.45, 7) is 4.31. The van der Waals surface area contributed by atoms with Gasteiger partial charge >= 0.3 is 0 Å². The Labute approximate surface area is 112 Å². The van der Waals surface area contributed by atoms with Crippen LogP contribution in [0.5, 0.6) is 0 Å². The predicted octanol–water partition coefficient (Wildman–Crippen LogP) is 3.80. The third kappa shape index (κ3) is 3.02. The largest absolute Gasteiger partial charge is 0.398 e. The van der Waals surface area contributed by atoms with Crippen LogP contribution >= 0.6 is 15.9 Å². The maximum atomic E-state index is 6.07. The highest BCUT2D eigenvalue weighted by molar-refractivity contribution is 9.10. The Kier molecular flexibility index (Phi) is 4.46. The first-order chi connectivity index (χ1) is 8.22. The summed E-state index contributed by atoms with van der Waals surface area (Å²) in [6.07, 6.45) is 5.45. The molecule has 1 aromatic carbocycles. The zero-order valence-electron chi connectivity index (χ0n) is 10.5. The van der Waals surface area contributed by atoms with Crippen molar-refractivity contribution in [3.05, 3.63) is 28.2 Å². The van der Waals surface area contributed by atoms with Gasteiger partial charge < -0.3 is 5.73 Å². The highest BCUT2D eigenvalue weighted by Crippen LogP contribution is 2.29. The molecule has 0 aliphatic heterocycles. The molecule has 94 valence electrons. The van der Waals surface area contributed by atoms with Gasteiger partial charge in [-0.05, 0) is 31.5 Å². The van der Waals surface area contributed by atoms with Crippen molar-refractivity contribution in [3.63, 3.8) is 0 Å². The zero-order chi connectivity index (χ0) is 12.3. The Morgan fingerprint density at radius 1 is 1.35 bits per heavy atom. The van der Waals surface area contributed by atoms with Gasteiger partial charge in [-0.2, -0.15) is 0 Å². The predicted molar refractivity (Wildman–Crippen MR) is 76.9 cm³/mol. The monoisotopic (exact) mass is 296 g/mol. The van der Waals surface area contributed by atoms with E-state index in [1.807, 2.05) is 12.1 Å². The second kappa shape index (κ2) is 5.87. The molecule has 2 nitrogen and oxygen atoms in total. The van der Waals surface area contributed by atoms with Crippen molar-refractivity contribution in [1.82, 2.24) is 4.90 Å². The molecule has 0 heterocycles. The quantitative estimate of drug-likeness (QED) is 0.857. The smallest absolute Gasteiger partial charge is 0.0371 e. The number of nitrogens with two attached hydrogens (primary N) is 1. The second-order valence-electron chi connectivity index (χ2n) is 4.81. The van der Waals surface area contributed by atoms with Crippen molar-refractivity contribution in [2.75, 3.05) is 12.3 Å². The number of nitrogen functional groups attached to an aromatic ring is 1. The Bertz CT molecular complexity index is 352. The Hall–Kier alpha value is -0.540. The van der Waals surface area contributed by atoms with Crippen LogP contribution in [0, 0.1) is 0 Å². The molecule has 0 bridgehead atoms. The fraction of sp³-hybridized carbons (Fsp3) is 0.571. The highest BCUT2D eigenvalue weighted by atomic mass is 79.9. The van der Waals surface area contributed by atoms with E-state index in [0.717, 1.165) is 29.3 Å². The number of benzene rings is 1. The minimum Gasteiger partial charge on any atom is -0.398 e. The number of hydrogen-bond donors (Lipinski definition) is 1. The number of rotatable bonds is 4. The van der Waals surface area contributed by atoms with Crippen molar-refractivity contribution < 1.29 is 0 Å². The van der Waals surface area contributed by atoms with Gasteiger partial charge in [0.25, 0.3) is 0 Å². The van der Waals surface area contributed by atoms with Crippen LogP contribution in [0.4, 0.5) is 5.69 Å². The van der Waals surface area contributed by atoms with Gasteiger partial charge in [-0.15, -0.1) is 0 Å². The van der Waals surface area contributed by atoms with E-state index in [1.54, 1.807) is 0 Å². The van der Waals surface area contributed by atoms with Crippen molar-refractivity contribution >= 4 is 21.6 Å². The van der Waals surface area contributed by atoms with Gasteiger partial charge in [0.15, 0.2) is 0 Å². The van der Waals surface area contributed by atoms with E-state index < -0.39 is 0 Å². The molecular formula is C14H21BrN2. The maximum Gasteiger partial charge on any atom is 0.0371 e. The van der Waals surface area contributed by atoms with Crippen LogP contribution in [-0.2, 0) is 6.54 Å². The Morgan fingerprint density at radius 2 is 2.06 bits per heavy atom. The molecule has 3 heteroatoms. The normalized spacial score (nSPS) is 16.9. The SMILES string of the molecule is CCN(Cc1c(N)cccc1Br)C1CCCC1. The number of anilines is 1. The molecule has 2 rings (SSSR count). The zero-order valence-corrected chi connectivity index (χ0v) is 12.0. The van der Waals surface area contributed by atoms with Gasteiger partial charge in [-0.1, -0.05) is 41.8 Å². The minimum atomic E-state index is 0.756. The van der Waals surface area contributed by atoms with Crippen molar-refractivity contribution in [1.29, 1.82) is 0 Å². The summed E-state index contributed by atoms with van der Waals surface area (Å²) >= 11 is 3.61. The molecule has 0 saturated heterocycles. The van der Waals surface area contributed by atoms with Crippen molar-refractivity contribution in [2.45, 2.75) is 45.2 Å². The molecule has 2 N–H and O–H groups in total. The highest BCUT2D eigenvalue weighted by Gasteiger charge is 2.22. The van der Waals surface area contributed by atoms with Gasteiger partial charge in [-0.3, -0.25) is 4.90 Å². The lowest BCUT2D eigenvalue weighted by Crippen LogP contribution is -2.32. The molecule has 1 saturated carbocycles. The van der Waals surface area contributed by atoms with E-state index >= 15 is 0 Å². The first-order valence-corrected chi connectivity index (χ1v) is 7.28. The Morgan fingerprint density at radius 3 is 2.65 bits per heavy atom. The molecule has 1 aliphatic carbocycles. The topological polar surface area (TPSA) is 29.3 Å². The molecule has 0 aromatic heterocycles. The summed E-state index contributed by atoms with van der Waals surface area (Å²) in [5, 5.41) is 0. The van der Waals surface area contributed by atoms with Crippen LogP contribution in [0.15, 0.2) is 22.7 Å². The summed E-state index contributed by atoms with van der Waals surface area (Å²) < 4.78 is 1.13. The summed E-state index contributed by atoms with van der Waals surface area (Å²) in [5.41, 5.74) is 8.20. The van der Waals surface area contributed by atoms with Gasteiger partial charge in [0, 0.05) is 28.3 Å². The molecule has 0 unspecified atom stereocenters. The van der Waals surface area contributed by atoms with Gasteiger partial charge in [0.05, 0.1) is 0 Å². The lowest BCUT2D eigenvalue weighted by molar-refractivity contribution is 0.200. The third-order valence-corrected chi connectivity index (χ3v) is 4.51. The molecule has 0 atom stereocenters. The Balaban J connectivity index is 2.12. The van der Waals surface area contributed by atoms with Crippen molar-refractivity contribution in [2.24, 2.45) is 0 Å². The molecule has 0 spiro atoms. The van der Waals surface area contributed by atoms with Crippen LogP contribution in [0.3, 0.4) is 0 Å². The molecule has 1 fully saturated rings. The molecule has 0 radical (unpaired) electrons. The average Bonchev–Trinajstić information content (AvgIpc) is 2.82. The summed E-state index contributed by atoms with van der Waals surface area (Å²) in [6, 6.07) is 6.82. The molecule has 17 heavy (non-hydrogen) atoms. The van der Waals surface area contributed by atoms with E-state index in [9.17, 15) is 0 Å². The number of hydrogen-bond acceptors (Lipinski definition) is 2. The van der Waals surface area contributed by atoms with Crippen molar-refractivity contribution in [3.8, 4) is 0 Å². The van der Waals surface area contributed by atoms with Crippen LogP contribution in [0.25, 0.3) is 0 Å². The summed E-state index contributed by atoms with van der Waals surface area (Å²) in [4.78, 5) is 2.56. The standard InChI is InChI=1S/C14H21BrN2/c1-2-17(11-6-3-4-7-11)10-12-13(15)8-5-9-14(12)16/h5,8-9,11H,2-4,6-7,10,16H2,1H3. The first-order valence-electron chi connectivity index (χ1n) is 6.49. The van der Waals surface area contributed by atoms with Crippen LogP contribution in [0.2, 0.25) is 0 Å². The fourth-order valence-electron chi connectivity index (χ4n) is 2.71. The number of nitrogens with zero attached hydrogens (tertiary/aromatic N) is 1. The first kappa shape index (κ1) is 12.9. The van der Waals surface area contributed by atoms with Crippen LogP contribution < -0.4 is 5.73 Å². The van der Waals surface area contributed by atoms with Crippen LogP contribution in [0.1, 0.15) is 38.2 Å². The number of halogens is 1. The van der Waals surface area contributed by atoms with E-state index in [4.69, 9.17) is 5.73 Å². The van der Waals surface area contributed by atoms with Crippen LogP contribution in [-0.4, -0.2) is 17.5 Å². The minimum absolute atomic E-state index is 0.756. The lowest BCUT2D eigenvalue weighted by Gasteiger charge is -2.28. The second-order valence-corrected chi connectivity index (χ2v) is 5.66. The van der Waals surface area contributed by atoms with Gasteiger partial charge in [0.2, 0.25) is 0 Å². The average molecular weight is 297 g/mol. The van der Waals surface area contributed by atoms with E-state index in [-0.39, 0.29) is 0 Å². The molecule has 0 amide bonds. The molecular weight excluding hydrogens is 276 g/mol. The van der Waals surface area contributed by atoms with Gasteiger partial charge in [0.1, 0.15) is 0 Å². The van der Waals surface area contributed by atoms with E-state index in [0.29, 0.717) is 0 Å². The lowest BCUT2D eigenvalue weighted by atomic mass is 10.1.